The zero-order chi connectivity index (χ0) is 21.0. The molecule has 6 nitrogen and oxygen atoms in total. The van der Waals surface area contributed by atoms with Crippen molar-refractivity contribution in [3.8, 4) is 5.75 Å². The lowest BCUT2D eigenvalue weighted by Crippen LogP contribution is -2.38. The predicted octanol–water partition coefficient (Wildman–Crippen LogP) is 3.44. The number of phenolic OH excluding ortho intramolecular Hbond substituents is 1. The third-order valence-electron chi connectivity index (χ3n) is 5.16. The molecule has 0 radical (unpaired) electrons. The number of aromatic hydroxyl groups is 1. The van der Waals surface area contributed by atoms with Crippen LogP contribution in [-0.2, 0) is 10.3 Å². The Kier molecular flexibility index (Phi) is 5.30. The number of nitrogens with zero attached hydrogens (tertiary/aromatic N) is 2. The largest absolute Gasteiger partial charge is 0.507 e. The number of carbonyl (C=O) groups excluding carboxylic acids is 1. The van der Waals surface area contributed by atoms with E-state index < -0.39 is 5.54 Å². The summed E-state index contributed by atoms with van der Waals surface area (Å²) < 4.78 is 0. The minimum atomic E-state index is -0.617. The molecule has 150 valence electrons. The quantitative estimate of drug-likeness (QED) is 0.455. The summed E-state index contributed by atoms with van der Waals surface area (Å²) in [6.45, 7) is 1.92. The highest BCUT2D eigenvalue weighted by Crippen LogP contribution is 2.36. The van der Waals surface area contributed by atoms with Gasteiger partial charge in [0.25, 0.3) is 5.91 Å². The standard InChI is InChI=1S/C24H22N4O2/c1-17-12-13-22(29)18(14-17)16-25-27-23(30)21-15-24(28-26-21,19-8-4-2-5-9-19)20-10-6-3-7-11-20/h2-14,16,28-29H,15H2,1H3,(H,27,30)/b25-16-. The van der Waals surface area contributed by atoms with Gasteiger partial charge in [0.05, 0.1) is 6.21 Å². The summed E-state index contributed by atoms with van der Waals surface area (Å²) in [5.41, 5.74) is 9.01. The molecule has 0 unspecified atom stereocenters. The first-order valence-corrected chi connectivity index (χ1v) is 9.66. The number of benzene rings is 3. The molecule has 0 fully saturated rings. The molecule has 3 N–H and O–H groups in total. The van der Waals surface area contributed by atoms with Crippen LogP contribution in [0.2, 0.25) is 0 Å². The van der Waals surface area contributed by atoms with E-state index in [1.165, 1.54) is 6.21 Å². The van der Waals surface area contributed by atoms with Gasteiger partial charge in [0, 0.05) is 12.0 Å². The minimum absolute atomic E-state index is 0.102. The normalized spacial score (nSPS) is 14.9. The first-order chi connectivity index (χ1) is 14.6. The van der Waals surface area contributed by atoms with Crippen LogP contribution in [0.5, 0.6) is 5.75 Å². The number of aryl methyl sites for hydroxylation is 1. The van der Waals surface area contributed by atoms with Crippen molar-refractivity contribution in [1.29, 1.82) is 0 Å². The number of hydrogen-bond donors (Lipinski definition) is 3. The first kappa shape index (κ1) is 19.4. The molecule has 4 rings (SSSR count). The maximum Gasteiger partial charge on any atom is 0.287 e. The van der Waals surface area contributed by atoms with Crippen LogP contribution in [-0.4, -0.2) is 22.9 Å². The van der Waals surface area contributed by atoms with Crippen LogP contribution >= 0.6 is 0 Å². The Morgan fingerprint density at radius 1 is 1.07 bits per heavy atom. The number of nitrogens with one attached hydrogen (secondary N) is 2. The van der Waals surface area contributed by atoms with Gasteiger partial charge in [-0.25, -0.2) is 5.43 Å². The Balaban J connectivity index is 1.53. The molecule has 0 aliphatic carbocycles. The Morgan fingerprint density at radius 2 is 1.70 bits per heavy atom. The second-order valence-corrected chi connectivity index (χ2v) is 7.25. The number of hydrazone groups is 2. The van der Waals surface area contributed by atoms with Gasteiger partial charge in [0.2, 0.25) is 0 Å². The molecule has 1 aliphatic heterocycles. The molecule has 0 atom stereocenters. The molecule has 6 heteroatoms. The van der Waals surface area contributed by atoms with Crippen LogP contribution in [0.3, 0.4) is 0 Å². The van der Waals surface area contributed by atoms with Gasteiger partial charge in [-0.3, -0.25) is 10.2 Å². The Bertz CT molecular complexity index is 1070. The fourth-order valence-corrected chi connectivity index (χ4v) is 3.57. The lowest BCUT2D eigenvalue weighted by atomic mass is 9.80. The van der Waals surface area contributed by atoms with Crippen LogP contribution in [0, 0.1) is 6.92 Å². The molecular formula is C24H22N4O2. The zero-order valence-electron chi connectivity index (χ0n) is 16.5. The van der Waals surface area contributed by atoms with Crippen molar-refractivity contribution in [2.45, 2.75) is 18.9 Å². The van der Waals surface area contributed by atoms with E-state index in [0.29, 0.717) is 17.7 Å². The molecule has 3 aromatic rings. The predicted molar refractivity (Wildman–Crippen MR) is 117 cm³/mol. The van der Waals surface area contributed by atoms with E-state index in [-0.39, 0.29) is 11.7 Å². The Labute approximate surface area is 175 Å². The Hall–Kier alpha value is -3.93. The number of hydrogen-bond acceptors (Lipinski definition) is 5. The van der Waals surface area contributed by atoms with Gasteiger partial charge >= 0.3 is 0 Å². The lowest BCUT2D eigenvalue weighted by Gasteiger charge is -2.30. The molecular weight excluding hydrogens is 376 g/mol. The lowest BCUT2D eigenvalue weighted by molar-refractivity contribution is -0.114. The van der Waals surface area contributed by atoms with E-state index in [1.54, 1.807) is 18.2 Å². The second kappa shape index (κ2) is 8.21. The molecule has 0 bridgehead atoms. The minimum Gasteiger partial charge on any atom is -0.507 e. The monoisotopic (exact) mass is 398 g/mol. The molecule has 0 aromatic heterocycles. The second-order valence-electron chi connectivity index (χ2n) is 7.25. The van der Waals surface area contributed by atoms with Crippen molar-refractivity contribution in [2.24, 2.45) is 10.2 Å². The number of amides is 1. The van der Waals surface area contributed by atoms with Crippen molar-refractivity contribution < 1.29 is 9.90 Å². The summed E-state index contributed by atoms with van der Waals surface area (Å²) in [4.78, 5) is 12.7. The van der Waals surface area contributed by atoms with E-state index in [1.807, 2.05) is 67.6 Å². The molecule has 0 spiro atoms. The summed E-state index contributed by atoms with van der Waals surface area (Å²) in [5, 5.41) is 18.2. The zero-order valence-corrected chi connectivity index (χ0v) is 16.5. The van der Waals surface area contributed by atoms with Gasteiger partial charge in [-0.1, -0.05) is 72.3 Å². The van der Waals surface area contributed by atoms with E-state index in [2.05, 4.69) is 21.1 Å². The summed E-state index contributed by atoms with van der Waals surface area (Å²) in [5.74, 6) is -0.287. The van der Waals surface area contributed by atoms with Crippen LogP contribution in [0.1, 0.15) is 28.7 Å². The number of carbonyl (C=O) groups is 1. The van der Waals surface area contributed by atoms with Gasteiger partial charge < -0.3 is 5.11 Å². The third kappa shape index (κ3) is 3.80. The van der Waals surface area contributed by atoms with Crippen molar-refractivity contribution in [3.05, 3.63) is 101 Å². The van der Waals surface area contributed by atoms with Crippen LogP contribution in [0.4, 0.5) is 0 Å². The van der Waals surface area contributed by atoms with E-state index >= 15 is 0 Å². The highest BCUT2D eigenvalue weighted by molar-refractivity contribution is 6.39. The molecule has 1 heterocycles. The Morgan fingerprint density at radius 3 is 2.33 bits per heavy atom. The fourth-order valence-electron chi connectivity index (χ4n) is 3.57. The summed E-state index contributed by atoms with van der Waals surface area (Å²) in [6.07, 6.45) is 1.81. The average molecular weight is 398 g/mol. The molecule has 0 saturated carbocycles. The van der Waals surface area contributed by atoms with Gasteiger partial charge in [0.15, 0.2) is 0 Å². The van der Waals surface area contributed by atoms with Gasteiger partial charge in [-0.15, -0.1) is 0 Å². The maximum absolute atomic E-state index is 12.7. The van der Waals surface area contributed by atoms with Crippen molar-refractivity contribution in [2.75, 3.05) is 0 Å². The SMILES string of the molecule is Cc1ccc(O)c(/C=N\NC(=O)C2=NNC(c3ccccc3)(c3ccccc3)C2)c1. The smallest absolute Gasteiger partial charge is 0.287 e. The highest BCUT2D eigenvalue weighted by atomic mass is 16.3. The van der Waals surface area contributed by atoms with Crippen LogP contribution in [0.25, 0.3) is 0 Å². The summed E-state index contributed by atoms with van der Waals surface area (Å²) in [6, 6.07) is 25.1. The topological polar surface area (TPSA) is 86.1 Å². The van der Waals surface area contributed by atoms with E-state index in [9.17, 15) is 9.90 Å². The van der Waals surface area contributed by atoms with Crippen LogP contribution in [0.15, 0.2) is 89.1 Å². The summed E-state index contributed by atoms with van der Waals surface area (Å²) >= 11 is 0. The molecule has 1 aliphatic rings. The average Bonchev–Trinajstić information content (AvgIpc) is 3.24. The third-order valence-corrected chi connectivity index (χ3v) is 5.16. The van der Waals surface area contributed by atoms with Crippen molar-refractivity contribution in [1.82, 2.24) is 10.9 Å². The van der Waals surface area contributed by atoms with Gasteiger partial charge in [-0.2, -0.15) is 10.2 Å². The first-order valence-electron chi connectivity index (χ1n) is 9.66. The van der Waals surface area contributed by atoms with Gasteiger partial charge in [-0.05, 0) is 30.2 Å². The van der Waals surface area contributed by atoms with E-state index in [0.717, 1.165) is 16.7 Å². The number of rotatable bonds is 5. The summed E-state index contributed by atoms with van der Waals surface area (Å²) in [7, 11) is 0. The van der Waals surface area contributed by atoms with Gasteiger partial charge in [0.1, 0.15) is 17.0 Å². The van der Waals surface area contributed by atoms with Crippen LogP contribution < -0.4 is 10.9 Å². The van der Waals surface area contributed by atoms with Crippen molar-refractivity contribution >= 4 is 17.8 Å². The molecule has 0 saturated heterocycles. The highest BCUT2D eigenvalue weighted by Gasteiger charge is 2.41. The maximum atomic E-state index is 12.7. The molecule has 1 amide bonds. The fraction of sp³-hybridized carbons (Fsp3) is 0.125. The molecule has 3 aromatic carbocycles. The van der Waals surface area contributed by atoms with Crippen molar-refractivity contribution in [3.63, 3.8) is 0 Å². The van der Waals surface area contributed by atoms with E-state index in [4.69, 9.17) is 0 Å². The molecule has 30 heavy (non-hydrogen) atoms. The number of phenols is 1.